The van der Waals surface area contributed by atoms with Crippen LogP contribution in [0.15, 0.2) is 16.9 Å². The molecule has 0 unspecified atom stereocenters. The minimum atomic E-state index is -0.913. The number of aromatic nitrogens is 1. The fourth-order valence-electron chi connectivity index (χ4n) is 1.39. The monoisotopic (exact) mass is 252 g/mol. The highest BCUT2D eigenvalue weighted by Crippen LogP contribution is 2.19. The standard InChI is InChI=1S/C12H16N2O4/c1-12(2,3)9(15)8-6-5-7(10(16)13-4)11(17)14(8)18/h5-6,18H,1-4H3,(H,13,16). The molecule has 0 spiro atoms. The van der Waals surface area contributed by atoms with E-state index in [1.807, 2.05) is 0 Å². The number of carbonyl (C=O) groups is 2. The number of hydrogen-bond donors (Lipinski definition) is 2. The Labute approximate surface area is 104 Å². The molecule has 0 aliphatic heterocycles. The highest BCUT2D eigenvalue weighted by atomic mass is 16.5. The first-order valence-electron chi connectivity index (χ1n) is 5.42. The minimum absolute atomic E-state index is 0.139. The Morgan fingerprint density at radius 2 is 1.83 bits per heavy atom. The van der Waals surface area contributed by atoms with Crippen LogP contribution in [-0.2, 0) is 0 Å². The van der Waals surface area contributed by atoms with Gasteiger partial charge in [-0.15, -0.1) is 4.73 Å². The van der Waals surface area contributed by atoms with Crippen molar-refractivity contribution in [2.75, 3.05) is 7.05 Å². The van der Waals surface area contributed by atoms with Gasteiger partial charge in [-0.25, -0.2) is 0 Å². The smallest absolute Gasteiger partial charge is 0.296 e. The first-order chi connectivity index (χ1) is 8.20. The molecule has 1 heterocycles. The number of ketones is 1. The SMILES string of the molecule is CNC(=O)c1ccc(C(=O)C(C)(C)C)n(O)c1=O. The van der Waals surface area contributed by atoms with Gasteiger partial charge in [0.1, 0.15) is 11.3 Å². The molecule has 0 atom stereocenters. The summed E-state index contributed by atoms with van der Waals surface area (Å²) in [5.41, 5.74) is -2.00. The van der Waals surface area contributed by atoms with Crippen LogP contribution in [0.25, 0.3) is 0 Å². The number of carbonyl (C=O) groups excluding carboxylic acids is 2. The third kappa shape index (κ3) is 2.42. The molecule has 0 saturated carbocycles. The van der Waals surface area contributed by atoms with E-state index in [1.54, 1.807) is 20.8 Å². The van der Waals surface area contributed by atoms with Gasteiger partial charge >= 0.3 is 0 Å². The maximum Gasteiger partial charge on any atom is 0.296 e. The Bertz CT molecular complexity index is 552. The van der Waals surface area contributed by atoms with Crippen molar-refractivity contribution in [3.8, 4) is 0 Å². The van der Waals surface area contributed by atoms with E-state index in [4.69, 9.17) is 0 Å². The van der Waals surface area contributed by atoms with Crippen LogP contribution in [0.5, 0.6) is 0 Å². The Morgan fingerprint density at radius 1 is 1.28 bits per heavy atom. The Morgan fingerprint density at radius 3 is 2.28 bits per heavy atom. The molecule has 1 amide bonds. The Balaban J connectivity index is 3.38. The largest absolute Gasteiger partial charge is 0.425 e. The summed E-state index contributed by atoms with van der Waals surface area (Å²) in [6.45, 7) is 5.02. The van der Waals surface area contributed by atoms with Crippen LogP contribution >= 0.6 is 0 Å². The Hall–Kier alpha value is -2.11. The van der Waals surface area contributed by atoms with Crippen molar-refractivity contribution < 1.29 is 14.8 Å². The third-order valence-electron chi connectivity index (χ3n) is 2.44. The van der Waals surface area contributed by atoms with Crippen LogP contribution < -0.4 is 10.9 Å². The average molecular weight is 252 g/mol. The van der Waals surface area contributed by atoms with Crippen molar-refractivity contribution in [1.29, 1.82) is 0 Å². The molecular weight excluding hydrogens is 236 g/mol. The predicted octanol–water partition coefficient (Wildman–Crippen LogP) is 0.674. The molecule has 0 bridgehead atoms. The van der Waals surface area contributed by atoms with Crippen LogP contribution in [0.1, 0.15) is 41.6 Å². The lowest BCUT2D eigenvalue weighted by Crippen LogP contribution is -2.35. The summed E-state index contributed by atoms with van der Waals surface area (Å²) >= 11 is 0. The van der Waals surface area contributed by atoms with Gasteiger partial charge in [-0.05, 0) is 12.1 Å². The molecule has 1 aromatic rings. The van der Waals surface area contributed by atoms with Crippen molar-refractivity contribution in [3.05, 3.63) is 33.7 Å². The van der Waals surface area contributed by atoms with Gasteiger partial charge in [0, 0.05) is 12.5 Å². The lowest BCUT2D eigenvalue weighted by molar-refractivity contribution is 0.0791. The van der Waals surface area contributed by atoms with Gasteiger partial charge in [0.15, 0.2) is 5.78 Å². The zero-order valence-electron chi connectivity index (χ0n) is 10.8. The van der Waals surface area contributed by atoms with E-state index < -0.39 is 16.9 Å². The van der Waals surface area contributed by atoms with E-state index in [0.29, 0.717) is 0 Å². The number of hydrogen-bond acceptors (Lipinski definition) is 4. The van der Waals surface area contributed by atoms with Crippen LogP contribution in [0.3, 0.4) is 0 Å². The lowest BCUT2D eigenvalue weighted by atomic mass is 9.88. The van der Waals surface area contributed by atoms with Gasteiger partial charge in [0.25, 0.3) is 11.5 Å². The topological polar surface area (TPSA) is 88.4 Å². The number of Topliss-reactive ketones (excluding diaryl/α,β-unsaturated/α-hetero) is 1. The fraction of sp³-hybridized carbons (Fsp3) is 0.417. The third-order valence-corrected chi connectivity index (χ3v) is 2.44. The summed E-state index contributed by atoms with van der Waals surface area (Å²) < 4.78 is 0.220. The quantitative estimate of drug-likeness (QED) is 0.598. The van der Waals surface area contributed by atoms with E-state index in [2.05, 4.69) is 5.32 Å². The van der Waals surface area contributed by atoms with Gasteiger partial charge in [-0.2, -0.15) is 0 Å². The predicted molar refractivity (Wildman–Crippen MR) is 65.1 cm³/mol. The van der Waals surface area contributed by atoms with Gasteiger partial charge in [-0.1, -0.05) is 20.8 Å². The first-order valence-corrected chi connectivity index (χ1v) is 5.42. The number of nitrogens with one attached hydrogen (secondary N) is 1. The number of nitrogens with zero attached hydrogens (tertiary/aromatic N) is 1. The zero-order chi connectivity index (χ0) is 14.1. The van der Waals surface area contributed by atoms with Gasteiger partial charge in [0.2, 0.25) is 0 Å². The molecule has 2 N–H and O–H groups in total. The minimum Gasteiger partial charge on any atom is -0.425 e. The van der Waals surface area contributed by atoms with E-state index in [9.17, 15) is 19.6 Å². The molecule has 0 saturated heterocycles. The maximum absolute atomic E-state index is 12.0. The molecule has 18 heavy (non-hydrogen) atoms. The second-order valence-electron chi connectivity index (χ2n) is 4.91. The van der Waals surface area contributed by atoms with Crippen LogP contribution in [0.2, 0.25) is 0 Å². The summed E-state index contributed by atoms with van der Waals surface area (Å²) in [5, 5.41) is 11.9. The molecule has 6 nitrogen and oxygen atoms in total. The summed E-state index contributed by atoms with van der Waals surface area (Å²) in [6.07, 6.45) is 0. The molecule has 0 fully saturated rings. The van der Waals surface area contributed by atoms with Crippen molar-refractivity contribution in [1.82, 2.24) is 10.0 Å². The molecular formula is C12H16N2O4. The summed E-state index contributed by atoms with van der Waals surface area (Å²) in [6, 6.07) is 2.49. The van der Waals surface area contributed by atoms with Crippen molar-refractivity contribution in [3.63, 3.8) is 0 Å². The molecule has 0 radical (unpaired) electrons. The highest BCUT2D eigenvalue weighted by molar-refractivity contribution is 5.99. The highest BCUT2D eigenvalue weighted by Gasteiger charge is 2.27. The lowest BCUT2D eigenvalue weighted by Gasteiger charge is -2.17. The second kappa shape index (κ2) is 4.64. The number of rotatable bonds is 2. The summed E-state index contributed by atoms with van der Waals surface area (Å²) in [5.74, 6) is -0.997. The van der Waals surface area contributed by atoms with Crippen molar-refractivity contribution in [2.45, 2.75) is 20.8 Å². The second-order valence-corrected chi connectivity index (χ2v) is 4.91. The fourth-order valence-corrected chi connectivity index (χ4v) is 1.39. The zero-order valence-corrected chi connectivity index (χ0v) is 10.8. The molecule has 0 aromatic carbocycles. The molecule has 0 aliphatic rings. The molecule has 6 heteroatoms. The van der Waals surface area contributed by atoms with Crippen LogP contribution in [0, 0.1) is 5.41 Å². The van der Waals surface area contributed by atoms with Crippen molar-refractivity contribution in [2.24, 2.45) is 5.41 Å². The summed E-state index contributed by atoms with van der Waals surface area (Å²) in [4.78, 5) is 35.0. The normalized spacial score (nSPS) is 11.1. The average Bonchev–Trinajstić information content (AvgIpc) is 2.29. The van der Waals surface area contributed by atoms with Crippen LogP contribution in [0.4, 0.5) is 0 Å². The molecule has 1 aromatic heterocycles. The van der Waals surface area contributed by atoms with Crippen molar-refractivity contribution >= 4 is 11.7 Å². The van der Waals surface area contributed by atoms with E-state index in [0.717, 1.165) is 0 Å². The van der Waals surface area contributed by atoms with E-state index in [-0.39, 0.29) is 21.8 Å². The van der Waals surface area contributed by atoms with Gasteiger partial charge in [-0.3, -0.25) is 14.4 Å². The molecule has 1 rings (SSSR count). The van der Waals surface area contributed by atoms with Crippen LogP contribution in [-0.4, -0.2) is 28.7 Å². The first kappa shape index (κ1) is 14.0. The number of pyridine rings is 1. The van der Waals surface area contributed by atoms with E-state index in [1.165, 1.54) is 19.2 Å². The number of amides is 1. The Kier molecular flexibility index (Phi) is 3.59. The molecule has 98 valence electrons. The van der Waals surface area contributed by atoms with E-state index >= 15 is 0 Å². The van der Waals surface area contributed by atoms with Gasteiger partial charge < -0.3 is 10.5 Å². The maximum atomic E-state index is 12.0. The summed E-state index contributed by atoms with van der Waals surface area (Å²) in [7, 11) is 1.37. The molecule has 0 aliphatic carbocycles. The van der Waals surface area contributed by atoms with Gasteiger partial charge in [0.05, 0.1) is 0 Å².